The Bertz CT molecular complexity index is 916. The van der Waals surface area contributed by atoms with Crippen LogP contribution in [0.5, 0.6) is 0 Å². The molecular formula is C27H33F10N. The molecule has 0 radical (unpaired) electrons. The molecule has 0 aromatic heterocycles. The summed E-state index contributed by atoms with van der Waals surface area (Å²) in [4.78, 5) is 0. The Morgan fingerprint density at radius 3 is 1.18 bits per heavy atom. The predicted molar refractivity (Wildman–Crippen MR) is 126 cm³/mol. The molecule has 1 N–H and O–H groups in total. The van der Waals surface area contributed by atoms with Crippen molar-refractivity contribution >= 4 is 0 Å². The van der Waals surface area contributed by atoms with Crippen LogP contribution in [0.2, 0.25) is 0 Å². The van der Waals surface area contributed by atoms with Gasteiger partial charge >= 0.3 is 0 Å². The number of halogens is 10. The second kappa shape index (κ2) is 16.6. The summed E-state index contributed by atoms with van der Waals surface area (Å²) in [5, 5.41) is 3.57. The first-order chi connectivity index (χ1) is 17.9. The monoisotopic (exact) mass is 561 g/mol. The smallest absolute Gasteiger partial charge is 0.200 e. The van der Waals surface area contributed by atoms with Gasteiger partial charge in [-0.25, -0.2) is 43.9 Å². The van der Waals surface area contributed by atoms with Crippen molar-refractivity contribution in [1.29, 1.82) is 0 Å². The molecule has 0 fully saturated rings. The zero-order chi connectivity index (χ0) is 29.0. The number of rotatable bonds is 13. The van der Waals surface area contributed by atoms with E-state index in [2.05, 4.69) is 26.1 Å². The average molecular weight is 562 g/mol. The van der Waals surface area contributed by atoms with E-state index >= 15 is 0 Å². The molecular weight excluding hydrogens is 528 g/mol. The quantitative estimate of drug-likeness (QED) is 0.111. The summed E-state index contributed by atoms with van der Waals surface area (Å²) in [6, 6.07) is 0. The lowest BCUT2D eigenvalue weighted by Crippen LogP contribution is -2.22. The highest BCUT2D eigenvalue weighted by Gasteiger charge is 2.34. The van der Waals surface area contributed by atoms with Gasteiger partial charge in [-0.05, 0) is 31.8 Å². The maximum atomic E-state index is 13.4. The highest BCUT2D eigenvalue weighted by molar-refractivity contribution is 5.67. The van der Waals surface area contributed by atoms with E-state index < -0.39 is 69.3 Å². The number of hydrogen-bond acceptors (Lipinski definition) is 1. The van der Waals surface area contributed by atoms with Crippen molar-refractivity contribution in [2.75, 3.05) is 13.1 Å². The minimum Gasteiger partial charge on any atom is -0.316 e. The Morgan fingerprint density at radius 1 is 0.474 bits per heavy atom. The van der Waals surface area contributed by atoms with Gasteiger partial charge in [0.1, 0.15) is 0 Å². The Labute approximate surface area is 216 Å². The van der Waals surface area contributed by atoms with E-state index in [-0.39, 0.29) is 0 Å². The second-order valence-electron chi connectivity index (χ2n) is 9.11. The van der Waals surface area contributed by atoms with Crippen LogP contribution in [0.15, 0.2) is 0 Å². The SMILES string of the molecule is CCCCCCCCCNCC(C)CCC.Fc1c(F)c(F)c(-c2c(F)c(F)c(F)c(F)c2F)c(F)c1F. The summed E-state index contributed by atoms with van der Waals surface area (Å²) in [7, 11) is 0. The van der Waals surface area contributed by atoms with Crippen molar-refractivity contribution in [2.24, 2.45) is 5.92 Å². The molecule has 2 aromatic rings. The van der Waals surface area contributed by atoms with E-state index in [4.69, 9.17) is 0 Å². The van der Waals surface area contributed by atoms with Crippen molar-refractivity contribution < 1.29 is 43.9 Å². The molecule has 2 aromatic carbocycles. The van der Waals surface area contributed by atoms with Crippen molar-refractivity contribution in [3.8, 4) is 11.1 Å². The first-order valence-electron chi connectivity index (χ1n) is 12.7. The van der Waals surface area contributed by atoms with E-state index in [0.29, 0.717) is 0 Å². The van der Waals surface area contributed by atoms with Gasteiger partial charge in [0.25, 0.3) is 0 Å². The summed E-state index contributed by atoms with van der Waals surface area (Å²) < 4.78 is 131. The van der Waals surface area contributed by atoms with E-state index in [1.807, 2.05) is 0 Å². The van der Waals surface area contributed by atoms with E-state index in [0.717, 1.165) is 5.92 Å². The molecule has 11 heteroatoms. The summed E-state index contributed by atoms with van der Waals surface area (Å²) in [5.74, 6) is -25.8. The Morgan fingerprint density at radius 2 is 0.816 bits per heavy atom. The van der Waals surface area contributed by atoms with Crippen LogP contribution < -0.4 is 5.32 Å². The van der Waals surface area contributed by atoms with Crippen LogP contribution in [0.1, 0.15) is 78.6 Å². The van der Waals surface area contributed by atoms with Crippen LogP contribution in [-0.4, -0.2) is 13.1 Å². The zero-order valence-corrected chi connectivity index (χ0v) is 21.6. The molecule has 2 rings (SSSR count). The van der Waals surface area contributed by atoms with Crippen LogP contribution >= 0.6 is 0 Å². The molecule has 1 nitrogen and oxygen atoms in total. The molecule has 216 valence electrons. The van der Waals surface area contributed by atoms with Gasteiger partial charge in [0.15, 0.2) is 46.5 Å². The van der Waals surface area contributed by atoms with Crippen LogP contribution in [-0.2, 0) is 0 Å². The van der Waals surface area contributed by atoms with Gasteiger partial charge in [0.2, 0.25) is 11.6 Å². The molecule has 1 unspecified atom stereocenters. The summed E-state index contributed by atoms with van der Waals surface area (Å²) >= 11 is 0. The van der Waals surface area contributed by atoms with E-state index in [1.54, 1.807) is 0 Å². The molecule has 0 saturated heterocycles. The van der Waals surface area contributed by atoms with Crippen molar-refractivity contribution in [3.63, 3.8) is 0 Å². The molecule has 0 aliphatic heterocycles. The zero-order valence-electron chi connectivity index (χ0n) is 21.6. The molecule has 0 bridgehead atoms. The lowest BCUT2D eigenvalue weighted by atomic mass is 10.0. The molecule has 0 saturated carbocycles. The largest absolute Gasteiger partial charge is 0.316 e. The summed E-state index contributed by atoms with van der Waals surface area (Å²) in [5.41, 5.74) is -4.52. The van der Waals surface area contributed by atoms with Crippen molar-refractivity contribution in [2.45, 2.75) is 78.6 Å². The number of nitrogens with one attached hydrogen (secondary N) is 1. The normalized spacial score (nSPS) is 11.9. The third-order valence-electron chi connectivity index (χ3n) is 5.90. The Kier molecular flexibility index (Phi) is 14.7. The fourth-order valence-electron chi connectivity index (χ4n) is 3.80. The Hall–Kier alpha value is -2.30. The lowest BCUT2D eigenvalue weighted by molar-refractivity contribution is 0.370. The highest BCUT2D eigenvalue weighted by atomic mass is 19.2. The van der Waals surface area contributed by atoms with Crippen molar-refractivity contribution in [3.05, 3.63) is 58.2 Å². The summed E-state index contributed by atoms with van der Waals surface area (Å²) in [6.07, 6.45) is 12.6. The predicted octanol–water partition coefficient (Wildman–Crippen LogP) is 9.51. The third-order valence-corrected chi connectivity index (χ3v) is 5.90. The van der Waals surface area contributed by atoms with Gasteiger partial charge < -0.3 is 5.32 Å². The van der Waals surface area contributed by atoms with Crippen LogP contribution in [0, 0.1) is 64.1 Å². The molecule has 0 aliphatic carbocycles. The number of hydrogen-bond donors (Lipinski definition) is 1. The fraction of sp³-hybridized carbons (Fsp3) is 0.556. The second-order valence-corrected chi connectivity index (χ2v) is 9.11. The van der Waals surface area contributed by atoms with Crippen LogP contribution in [0.25, 0.3) is 11.1 Å². The van der Waals surface area contributed by atoms with Crippen LogP contribution in [0.3, 0.4) is 0 Å². The first-order valence-corrected chi connectivity index (χ1v) is 12.7. The van der Waals surface area contributed by atoms with Gasteiger partial charge in [0.05, 0.1) is 11.1 Å². The van der Waals surface area contributed by atoms with Gasteiger partial charge in [-0.3, -0.25) is 0 Å². The van der Waals surface area contributed by atoms with Gasteiger partial charge in [-0.1, -0.05) is 65.7 Å². The topological polar surface area (TPSA) is 12.0 Å². The molecule has 38 heavy (non-hydrogen) atoms. The minimum atomic E-state index is -2.68. The first kappa shape index (κ1) is 33.7. The standard InChI is InChI=1S/C15H33N.C12F10/c1-4-6-7-8-9-10-11-13-16-14-15(3)12-5-2;13-3-1(4(14)8(18)11(21)7(3)17)2-5(15)9(19)12(22)10(20)6(2)16/h15-16H,4-14H2,1-3H3;. The molecule has 0 spiro atoms. The molecule has 0 amide bonds. The third kappa shape index (κ3) is 8.88. The van der Waals surface area contributed by atoms with E-state index in [9.17, 15) is 43.9 Å². The minimum absolute atomic E-state index is 0.856. The molecule has 0 aliphatic rings. The molecule has 0 heterocycles. The van der Waals surface area contributed by atoms with Gasteiger partial charge in [0, 0.05) is 0 Å². The highest BCUT2D eigenvalue weighted by Crippen LogP contribution is 2.37. The fourth-order valence-corrected chi connectivity index (χ4v) is 3.80. The Balaban J connectivity index is 0.000000403. The number of benzene rings is 2. The molecule has 1 atom stereocenters. The van der Waals surface area contributed by atoms with E-state index in [1.165, 1.54) is 70.9 Å². The maximum Gasteiger partial charge on any atom is 0.200 e. The van der Waals surface area contributed by atoms with Crippen LogP contribution in [0.4, 0.5) is 43.9 Å². The van der Waals surface area contributed by atoms with Crippen molar-refractivity contribution in [1.82, 2.24) is 5.32 Å². The van der Waals surface area contributed by atoms with Gasteiger partial charge in [-0.2, -0.15) is 0 Å². The summed E-state index contributed by atoms with van der Waals surface area (Å²) in [6.45, 7) is 9.33. The lowest BCUT2D eigenvalue weighted by Gasteiger charge is -2.11. The number of unbranched alkanes of at least 4 members (excludes halogenated alkanes) is 6. The average Bonchev–Trinajstić information content (AvgIpc) is 2.90. The maximum absolute atomic E-state index is 13.4. The van der Waals surface area contributed by atoms with Gasteiger partial charge in [-0.15, -0.1) is 0 Å².